The van der Waals surface area contributed by atoms with Crippen LogP contribution in [0.15, 0.2) is 39.4 Å². The first kappa shape index (κ1) is 17.2. The Morgan fingerprint density at radius 1 is 1.24 bits per heavy atom. The summed E-state index contributed by atoms with van der Waals surface area (Å²) in [5.74, 6) is 1.50. The zero-order chi connectivity index (χ0) is 17.6. The van der Waals surface area contributed by atoms with Crippen LogP contribution in [0.5, 0.6) is 11.5 Å². The molecule has 25 heavy (non-hydrogen) atoms. The molecule has 0 saturated heterocycles. The Balaban J connectivity index is 1.65. The van der Waals surface area contributed by atoms with Gasteiger partial charge in [-0.05, 0) is 12.1 Å². The van der Waals surface area contributed by atoms with E-state index >= 15 is 0 Å². The van der Waals surface area contributed by atoms with E-state index in [1.807, 2.05) is 0 Å². The summed E-state index contributed by atoms with van der Waals surface area (Å²) >= 11 is 2.50. The first-order valence-electron chi connectivity index (χ1n) is 7.07. The SMILES string of the molecule is COc1cc(OC)cc(-c2nnc(SCC(=O)Nc3nccs3)o2)c1. The van der Waals surface area contributed by atoms with Gasteiger partial charge in [-0.25, -0.2) is 4.98 Å². The third-order valence-electron chi connectivity index (χ3n) is 3.01. The summed E-state index contributed by atoms with van der Waals surface area (Å²) in [5.41, 5.74) is 0.669. The highest BCUT2D eigenvalue weighted by atomic mass is 32.2. The minimum Gasteiger partial charge on any atom is -0.497 e. The zero-order valence-electron chi connectivity index (χ0n) is 13.4. The molecular weight excluding hydrogens is 364 g/mol. The van der Waals surface area contributed by atoms with E-state index < -0.39 is 0 Å². The smallest absolute Gasteiger partial charge is 0.277 e. The van der Waals surface area contributed by atoms with Gasteiger partial charge in [0.25, 0.3) is 5.22 Å². The normalized spacial score (nSPS) is 10.5. The molecule has 0 aliphatic carbocycles. The molecule has 0 saturated carbocycles. The second-order valence-corrected chi connectivity index (χ2v) is 6.47. The number of aromatic nitrogens is 3. The topological polar surface area (TPSA) is 99.4 Å². The predicted molar refractivity (Wildman–Crippen MR) is 94.3 cm³/mol. The molecule has 0 radical (unpaired) electrons. The molecule has 0 unspecified atom stereocenters. The number of benzene rings is 1. The number of ether oxygens (including phenoxy) is 2. The Labute approximate surface area is 151 Å². The van der Waals surface area contributed by atoms with E-state index in [0.717, 1.165) is 11.8 Å². The lowest BCUT2D eigenvalue weighted by atomic mass is 10.2. The van der Waals surface area contributed by atoms with Crippen LogP contribution in [0, 0.1) is 0 Å². The van der Waals surface area contributed by atoms with Crippen molar-refractivity contribution >= 4 is 34.1 Å². The Morgan fingerprint density at radius 2 is 2.00 bits per heavy atom. The number of nitrogens with zero attached hydrogens (tertiary/aromatic N) is 3. The highest BCUT2D eigenvalue weighted by Crippen LogP contribution is 2.30. The third kappa shape index (κ3) is 4.48. The van der Waals surface area contributed by atoms with Crippen molar-refractivity contribution in [3.05, 3.63) is 29.8 Å². The number of methoxy groups -OCH3 is 2. The van der Waals surface area contributed by atoms with Crippen LogP contribution < -0.4 is 14.8 Å². The molecular formula is C15H14N4O4S2. The number of hydrogen-bond donors (Lipinski definition) is 1. The highest BCUT2D eigenvalue weighted by molar-refractivity contribution is 7.99. The Kier molecular flexibility index (Phi) is 5.51. The fraction of sp³-hybridized carbons (Fsp3) is 0.200. The van der Waals surface area contributed by atoms with E-state index in [-0.39, 0.29) is 11.7 Å². The molecule has 130 valence electrons. The van der Waals surface area contributed by atoms with Gasteiger partial charge in [-0.15, -0.1) is 21.5 Å². The van der Waals surface area contributed by atoms with Gasteiger partial charge in [-0.1, -0.05) is 11.8 Å². The van der Waals surface area contributed by atoms with Crippen LogP contribution in [0.4, 0.5) is 5.13 Å². The highest BCUT2D eigenvalue weighted by Gasteiger charge is 2.13. The van der Waals surface area contributed by atoms with Gasteiger partial charge < -0.3 is 19.2 Å². The molecule has 8 nitrogen and oxygen atoms in total. The second-order valence-electron chi connectivity index (χ2n) is 4.65. The van der Waals surface area contributed by atoms with Gasteiger partial charge in [0.05, 0.1) is 20.0 Å². The fourth-order valence-corrected chi connectivity index (χ4v) is 2.99. The molecule has 0 aliphatic rings. The molecule has 3 aromatic rings. The van der Waals surface area contributed by atoms with Crippen LogP contribution in [0.2, 0.25) is 0 Å². The van der Waals surface area contributed by atoms with E-state index in [1.165, 1.54) is 11.3 Å². The number of hydrogen-bond acceptors (Lipinski definition) is 9. The lowest BCUT2D eigenvalue weighted by Gasteiger charge is -2.05. The van der Waals surface area contributed by atoms with Crippen molar-refractivity contribution in [1.82, 2.24) is 15.2 Å². The van der Waals surface area contributed by atoms with Crippen molar-refractivity contribution in [3.8, 4) is 23.0 Å². The number of anilines is 1. The Bertz CT molecular complexity index is 829. The Hall–Kier alpha value is -2.59. The molecule has 1 N–H and O–H groups in total. The van der Waals surface area contributed by atoms with Crippen molar-refractivity contribution in [2.24, 2.45) is 0 Å². The molecule has 2 heterocycles. The van der Waals surface area contributed by atoms with Gasteiger partial charge in [0.2, 0.25) is 11.8 Å². The van der Waals surface area contributed by atoms with E-state index in [4.69, 9.17) is 13.9 Å². The third-order valence-corrected chi connectivity index (χ3v) is 4.52. The van der Waals surface area contributed by atoms with Crippen LogP contribution in [0.25, 0.3) is 11.5 Å². The zero-order valence-corrected chi connectivity index (χ0v) is 15.0. The maximum atomic E-state index is 11.8. The lowest BCUT2D eigenvalue weighted by Crippen LogP contribution is -2.13. The first-order chi connectivity index (χ1) is 12.2. The summed E-state index contributed by atoms with van der Waals surface area (Å²) in [6, 6.07) is 5.28. The standard InChI is InChI=1S/C15H14N4O4S2/c1-21-10-5-9(6-11(7-10)22-2)13-18-19-15(23-13)25-8-12(20)17-14-16-3-4-24-14/h3-7H,8H2,1-2H3,(H,16,17,20). The molecule has 2 aromatic heterocycles. The van der Waals surface area contributed by atoms with E-state index in [0.29, 0.717) is 33.3 Å². The number of carbonyl (C=O) groups is 1. The number of thiazole rings is 1. The molecule has 0 aliphatic heterocycles. The molecule has 0 bridgehead atoms. The second kappa shape index (κ2) is 7.99. The van der Waals surface area contributed by atoms with Crippen LogP contribution in [0.1, 0.15) is 0 Å². The molecule has 10 heteroatoms. The number of rotatable bonds is 7. The lowest BCUT2D eigenvalue weighted by molar-refractivity contribution is -0.113. The maximum Gasteiger partial charge on any atom is 0.277 e. The van der Waals surface area contributed by atoms with Gasteiger partial charge in [0.1, 0.15) is 11.5 Å². The van der Waals surface area contributed by atoms with Crippen LogP contribution in [-0.2, 0) is 4.79 Å². The first-order valence-corrected chi connectivity index (χ1v) is 8.93. The van der Waals surface area contributed by atoms with Crippen LogP contribution in [0.3, 0.4) is 0 Å². The summed E-state index contributed by atoms with van der Waals surface area (Å²) in [7, 11) is 3.13. The summed E-state index contributed by atoms with van der Waals surface area (Å²) in [6.45, 7) is 0. The van der Waals surface area contributed by atoms with Crippen molar-refractivity contribution < 1.29 is 18.7 Å². The van der Waals surface area contributed by atoms with Gasteiger partial charge >= 0.3 is 0 Å². The maximum absolute atomic E-state index is 11.8. The van der Waals surface area contributed by atoms with Gasteiger partial charge in [0.15, 0.2) is 5.13 Å². The monoisotopic (exact) mass is 378 g/mol. The number of amides is 1. The number of nitrogens with one attached hydrogen (secondary N) is 1. The quantitative estimate of drug-likeness (QED) is 0.627. The average molecular weight is 378 g/mol. The van der Waals surface area contributed by atoms with E-state index in [1.54, 1.807) is 44.0 Å². The average Bonchev–Trinajstić information content (AvgIpc) is 3.31. The van der Waals surface area contributed by atoms with Gasteiger partial charge in [-0.3, -0.25) is 4.79 Å². The largest absolute Gasteiger partial charge is 0.497 e. The number of carbonyl (C=O) groups excluding carboxylic acids is 1. The molecule has 0 fully saturated rings. The minimum absolute atomic E-state index is 0.142. The fourth-order valence-electron chi connectivity index (χ4n) is 1.88. The van der Waals surface area contributed by atoms with Crippen LogP contribution in [-0.4, -0.2) is 41.1 Å². The van der Waals surface area contributed by atoms with Crippen LogP contribution >= 0.6 is 23.1 Å². The van der Waals surface area contributed by atoms with Crippen molar-refractivity contribution in [2.45, 2.75) is 5.22 Å². The summed E-state index contributed by atoms with van der Waals surface area (Å²) in [6.07, 6.45) is 1.63. The van der Waals surface area contributed by atoms with Crippen molar-refractivity contribution in [3.63, 3.8) is 0 Å². The molecule has 0 atom stereocenters. The van der Waals surface area contributed by atoms with Crippen molar-refractivity contribution in [2.75, 3.05) is 25.3 Å². The number of thioether (sulfide) groups is 1. The molecule has 0 spiro atoms. The van der Waals surface area contributed by atoms with Gasteiger partial charge in [-0.2, -0.15) is 0 Å². The predicted octanol–water partition coefficient (Wildman–Crippen LogP) is 2.94. The van der Waals surface area contributed by atoms with Gasteiger partial charge in [0, 0.05) is 23.2 Å². The minimum atomic E-state index is -0.192. The molecule has 1 aromatic carbocycles. The summed E-state index contributed by atoms with van der Waals surface area (Å²) < 4.78 is 16.0. The van der Waals surface area contributed by atoms with E-state index in [2.05, 4.69) is 20.5 Å². The Morgan fingerprint density at radius 3 is 2.64 bits per heavy atom. The summed E-state index contributed by atoms with van der Waals surface area (Å²) in [5, 5.41) is 13.3. The molecule has 1 amide bonds. The summed E-state index contributed by atoms with van der Waals surface area (Å²) in [4.78, 5) is 15.8. The van der Waals surface area contributed by atoms with Crippen molar-refractivity contribution in [1.29, 1.82) is 0 Å². The van der Waals surface area contributed by atoms with E-state index in [9.17, 15) is 4.79 Å². The molecule has 3 rings (SSSR count).